The third-order valence-corrected chi connectivity index (χ3v) is 4.97. The SMILES string of the molecule is CCCN(C1CCCC(C)CC1)C1COCC1C(=O)O. The summed E-state index contributed by atoms with van der Waals surface area (Å²) in [4.78, 5) is 13.9. The van der Waals surface area contributed by atoms with Gasteiger partial charge in [-0.25, -0.2) is 0 Å². The van der Waals surface area contributed by atoms with E-state index in [1.807, 2.05) is 0 Å². The molecule has 0 radical (unpaired) electrons. The Bertz CT molecular complexity index is 321. The van der Waals surface area contributed by atoms with Crippen LogP contribution in [-0.2, 0) is 9.53 Å². The first kappa shape index (κ1) is 15.8. The second-order valence-corrected chi connectivity index (χ2v) is 6.55. The van der Waals surface area contributed by atoms with E-state index in [-0.39, 0.29) is 12.0 Å². The van der Waals surface area contributed by atoms with Crippen molar-refractivity contribution in [1.29, 1.82) is 0 Å². The highest BCUT2D eigenvalue weighted by Gasteiger charge is 2.40. The third kappa shape index (κ3) is 3.73. The van der Waals surface area contributed by atoms with E-state index >= 15 is 0 Å². The number of carboxylic acid groups (broad SMARTS) is 1. The first-order valence-electron chi connectivity index (χ1n) is 8.19. The Balaban J connectivity index is 2.07. The van der Waals surface area contributed by atoms with Crippen LogP contribution in [0.4, 0.5) is 0 Å². The number of hydrogen-bond donors (Lipinski definition) is 1. The van der Waals surface area contributed by atoms with Gasteiger partial charge in [-0.1, -0.05) is 26.7 Å². The number of hydrogen-bond acceptors (Lipinski definition) is 3. The minimum absolute atomic E-state index is 0.0749. The molecular formula is C16H29NO3. The number of carboxylic acids is 1. The van der Waals surface area contributed by atoms with Crippen LogP contribution in [-0.4, -0.2) is 47.8 Å². The Hall–Kier alpha value is -0.610. The van der Waals surface area contributed by atoms with Gasteiger partial charge in [-0.05, 0) is 38.1 Å². The predicted octanol–water partition coefficient (Wildman–Crippen LogP) is 2.77. The molecular weight excluding hydrogens is 254 g/mol. The lowest BCUT2D eigenvalue weighted by Crippen LogP contribution is -2.49. The van der Waals surface area contributed by atoms with Crippen LogP contribution in [0.5, 0.6) is 0 Å². The van der Waals surface area contributed by atoms with E-state index in [9.17, 15) is 9.90 Å². The van der Waals surface area contributed by atoms with E-state index < -0.39 is 5.97 Å². The molecule has 1 aliphatic heterocycles. The highest BCUT2D eigenvalue weighted by molar-refractivity contribution is 5.71. The average Bonchev–Trinajstić information content (AvgIpc) is 2.80. The second kappa shape index (κ2) is 7.41. The molecule has 0 aromatic heterocycles. The van der Waals surface area contributed by atoms with Crippen LogP contribution in [0.15, 0.2) is 0 Å². The standard InChI is InChI=1S/C16H29NO3/c1-3-9-17(13-6-4-5-12(2)7-8-13)15-11-20-10-14(15)16(18)19/h12-15H,3-11H2,1-2H3,(H,18,19). The summed E-state index contributed by atoms with van der Waals surface area (Å²) in [5.74, 6) is -0.226. The van der Waals surface area contributed by atoms with Gasteiger partial charge in [0, 0.05) is 12.1 Å². The van der Waals surface area contributed by atoms with Gasteiger partial charge >= 0.3 is 5.97 Å². The molecule has 1 heterocycles. The number of nitrogens with zero attached hydrogens (tertiary/aromatic N) is 1. The van der Waals surface area contributed by atoms with Gasteiger partial charge in [-0.3, -0.25) is 9.69 Å². The molecule has 4 unspecified atom stereocenters. The van der Waals surface area contributed by atoms with Gasteiger partial charge in [0.2, 0.25) is 0 Å². The van der Waals surface area contributed by atoms with Crippen molar-refractivity contribution < 1.29 is 14.6 Å². The van der Waals surface area contributed by atoms with Crippen LogP contribution >= 0.6 is 0 Å². The van der Waals surface area contributed by atoms with E-state index in [0.717, 1.165) is 18.9 Å². The van der Waals surface area contributed by atoms with Crippen molar-refractivity contribution in [2.24, 2.45) is 11.8 Å². The summed E-state index contributed by atoms with van der Waals surface area (Å²) in [5.41, 5.74) is 0. The summed E-state index contributed by atoms with van der Waals surface area (Å²) in [6, 6.07) is 0.624. The van der Waals surface area contributed by atoms with Gasteiger partial charge in [0.05, 0.1) is 19.1 Å². The molecule has 0 bridgehead atoms. The van der Waals surface area contributed by atoms with Crippen molar-refractivity contribution in [2.45, 2.75) is 64.5 Å². The molecule has 1 aliphatic carbocycles. The highest BCUT2D eigenvalue weighted by atomic mass is 16.5. The van der Waals surface area contributed by atoms with Crippen molar-refractivity contribution in [2.75, 3.05) is 19.8 Å². The molecule has 20 heavy (non-hydrogen) atoms. The monoisotopic (exact) mass is 283 g/mol. The Morgan fingerprint density at radius 3 is 2.75 bits per heavy atom. The van der Waals surface area contributed by atoms with Crippen LogP contribution in [0.3, 0.4) is 0 Å². The van der Waals surface area contributed by atoms with E-state index in [0.29, 0.717) is 19.3 Å². The number of rotatable bonds is 5. The molecule has 1 saturated carbocycles. The lowest BCUT2D eigenvalue weighted by Gasteiger charge is -2.37. The smallest absolute Gasteiger partial charge is 0.310 e. The Morgan fingerprint density at radius 2 is 2.05 bits per heavy atom. The van der Waals surface area contributed by atoms with Crippen molar-refractivity contribution in [1.82, 2.24) is 4.90 Å². The summed E-state index contributed by atoms with van der Waals surface area (Å²) in [5, 5.41) is 9.39. The van der Waals surface area contributed by atoms with Crippen LogP contribution in [0.2, 0.25) is 0 Å². The van der Waals surface area contributed by atoms with Crippen LogP contribution in [0, 0.1) is 11.8 Å². The van der Waals surface area contributed by atoms with E-state index in [1.54, 1.807) is 0 Å². The third-order valence-electron chi connectivity index (χ3n) is 4.97. The maximum atomic E-state index is 11.4. The van der Waals surface area contributed by atoms with Gasteiger partial charge in [0.1, 0.15) is 0 Å². The van der Waals surface area contributed by atoms with E-state index in [4.69, 9.17) is 4.74 Å². The molecule has 2 rings (SSSR count). The molecule has 1 N–H and O–H groups in total. The first-order valence-corrected chi connectivity index (χ1v) is 8.19. The fourth-order valence-electron chi connectivity index (χ4n) is 3.78. The minimum atomic E-state index is -0.699. The molecule has 1 saturated heterocycles. The molecule has 116 valence electrons. The predicted molar refractivity (Wildman–Crippen MR) is 78.8 cm³/mol. The quantitative estimate of drug-likeness (QED) is 0.788. The van der Waals surface area contributed by atoms with Crippen molar-refractivity contribution in [3.8, 4) is 0 Å². The van der Waals surface area contributed by atoms with Crippen LogP contribution < -0.4 is 0 Å². The van der Waals surface area contributed by atoms with Crippen LogP contribution in [0.25, 0.3) is 0 Å². The van der Waals surface area contributed by atoms with Gasteiger partial charge in [0.25, 0.3) is 0 Å². The summed E-state index contributed by atoms with van der Waals surface area (Å²) in [6.07, 6.45) is 7.37. The molecule has 2 aliphatic rings. The molecule has 0 aromatic carbocycles. The Labute approximate surface area is 122 Å². The fourth-order valence-corrected chi connectivity index (χ4v) is 3.78. The van der Waals surface area contributed by atoms with Gasteiger partial charge in [-0.15, -0.1) is 0 Å². The lowest BCUT2D eigenvalue weighted by atomic mass is 9.97. The first-order chi connectivity index (χ1) is 9.63. The maximum Gasteiger partial charge on any atom is 0.310 e. The topological polar surface area (TPSA) is 49.8 Å². The number of ether oxygens (including phenoxy) is 1. The van der Waals surface area contributed by atoms with E-state index in [2.05, 4.69) is 18.7 Å². The van der Waals surface area contributed by atoms with Crippen molar-refractivity contribution in [3.05, 3.63) is 0 Å². The number of carbonyl (C=O) groups is 1. The largest absolute Gasteiger partial charge is 0.481 e. The molecule has 4 nitrogen and oxygen atoms in total. The van der Waals surface area contributed by atoms with Crippen molar-refractivity contribution in [3.63, 3.8) is 0 Å². The minimum Gasteiger partial charge on any atom is -0.481 e. The molecule has 0 spiro atoms. The lowest BCUT2D eigenvalue weighted by molar-refractivity contribution is -0.143. The molecule has 0 amide bonds. The molecule has 2 fully saturated rings. The number of aliphatic carboxylic acids is 1. The Kier molecular flexibility index (Phi) is 5.85. The molecule has 4 atom stereocenters. The highest BCUT2D eigenvalue weighted by Crippen LogP contribution is 2.30. The summed E-state index contributed by atoms with van der Waals surface area (Å²) in [6.45, 7) is 6.48. The van der Waals surface area contributed by atoms with Gasteiger partial charge < -0.3 is 9.84 Å². The van der Waals surface area contributed by atoms with E-state index in [1.165, 1.54) is 32.1 Å². The average molecular weight is 283 g/mol. The summed E-state index contributed by atoms with van der Waals surface area (Å²) >= 11 is 0. The molecule has 0 aromatic rings. The van der Waals surface area contributed by atoms with Crippen molar-refractivity contribution >= 4 is 5.97 Å². The zero-order valence-electron chi connectivity index (χ0n) is 12.9. The Morgan fingerprint density at radius 1 is 1.25 bits per heavy atom. The maximum absolute atomic E-state index is 11.4. The van der Waals surface area contributed by atoms with Gasteiger partial charge in [0.15, 0.2) is 0 Å². The normalized spacial score (nSPS) is 35.1. The van der Waals surface area contributed by atoms with Gasteiger partial charge in [-0.2, -0.15) is 0 Å². The second-order valence-electron chi connectivity index (χ2n) is 6.55. The fraction of sp³-hybridized carbons (Fsp3) is 0.938. The summed E-state index contributed by atoms with van der Waals surface area (Å²) < 4.78 is 5.48. The zero-order valence-corrected chi connectivity index (χ0v) is 12.9. The zero-order chi connectivity index (χ0) is 14.5. The van der Waals surface area contributed by atoms with Crippen LogP contribution in [0.1, 0.15) is 52.4 Å². The molecule has 4 heteroatoms. The summed E-state index contributed by atoms with van der Waals surface area (Å²) in [7, 11) is 0.